The van der Waals surface area contributed by atoms with Gasteiger partial charge in [0.1, 0.15) is 5.82 Å². The summed E-state index contributed by atoms with van der Waals surface area (Å²) >= 11 is 0. The number of aliphatic carboxylic acids is 1. The highest BCUT2D eigenvalue weighted by atomic mass is 19.1. The van der Waals surface area contributed by atoms with E-state index in [0.29, 0.717) is 43.0 Å². The van der Waals surface area contributed by atoms with Crippen molar-refractivity contribution in [2.75, 3.05) is 36.4 Å². The van der Waals surface area contributed by atoms with Gasteiger partial charge in [0.2, 0.25) is 0 Å². The third-order valence-corrected chi connectivity index (χ3v) is 7.73. The molecule has 0 bridgehead atoms. The van der Waals surface area contributed by atoms with E-state index >= 15 is 0 Å². The van der Waals surface area contributed by atoms with Crippen molar-refractivity contribution in [3.63, 3.8) is 0 Å². The Labute approximate surface area is 268 Å². The zero-order valence-corrected chi connectivity index (χ0v) is 25.0. The van der Waals surface area contributed by atoms with Crippen LogP contribution in [0.15, 0.2) is 97.1 Å². The van der Waals surface area contributed by atoms with Gasteiger partial charge in [-0.1, -0.05) is 30.3 Å². The van der Waals surface area contributed by atoms with Gasteiger partial charge >= 0.3 is 5.97 Å². The summed E-state index contributed by atoms with van der Waals surface area (Å²) in [5, 5.41) is 26.0. The summed E-state index contributed by atoms with van der Waals surface area (Å²) in [7, 11) is 0. The SMILES string of the molecule is O=C(O)CC(NC(=O)c1ccc(N2CCN(C(=O)c3ccccc3)CC2)c(NC(=O)c2ccc([N+](=O)[O-])cc2)c1)c1ccc(F)cc1. The average molecular weight is 640 g/mol. The number of hydrogen-bond acceptors (Lipinski definition) is 7. The van der Waals surface area contributed by atoms with Crippen LogP contribution in [0, 0.1) is 15.9 Å². The summed E-state index contributed by atoms with van der Waals surface area (Å²) in [5.74, 6) is -2.98. The minimum absolute atomic E-state index is 0.0963. The standard InChI is InChI=1S/C34H30FN5O7/c35-26-11-6-22(7-12-26)28(21-31(41)42)36-33(44)25-10-15-30(29(20-25)37-32(43)23-8-13-27(14-9-23)40(46)47)38-16-18-39(19-17-38)34(45)24-4-2-1-3-5-24/h1-15,20,28H,16-19,21H2,(H,36,44)(H,37,43)(H,41,42). The van der Waals surface area contributed by atoms with Crippen LogP contribution in [0.25, 0.3) is 0 Å². The molecular weight excluding hydrogens is 609 g/mol. The Kier molecular flexibility index (Phi) is 9.84. The molecule has 12 nitrogen and oxygen atoms in total. The van der Waals surface area contributed by atoms with Gasteiger partial charge < -0.3 is 25.5 Å². The molecule has 240 valence electrons. The average Bonchev–Trinajstić information content (AvgIpc) is 3.08. The van der Waals surface area contributed by atoms with Crippen LogP contribution in [-0.2, 0) is 4.79 Å². The molecule has 3 N–H and O–H groups in total. The summed E-state index contributed by atoms with van der Waals surface area (Å²) in [6.07, 6.45) is -0.453. The van der Waals surface area contributed by atoms with Gasteiger partial charge in [-0.2, -0.15) is 0 Å². The predicted octanol–water partition coefficient (Wildman–Crippen LogP) is 4.89. The van der Waals surface area contributed by atoms with Crippen LogP contribution in [-0.4, -0.2) is 64.8 Å². The van der Waals surface area contributed by atoms with Gasteiger partial charge in [-0.05, 0) is 60.2 Å². The van der Waals surface area contributed by atoms with Crippen LogP contribution >= 0.6 is 0 Å². The topological polar surface area (TPSA) is 162 Å². The first kappa shape index (κ1) is 32.3. The molecule has 3 amide bonds. The Hall–Kier alpha value is -6.11. The van der Waals surface area contributed by atoms with Crippen molar-refractivity contribution in [3.05, 3.63) is 135 Å². The highest BCUT2D eigenvalue weighted by molar-refractivity contribution is 6.07. The molecule has 5 rings (SSSR count). The fourth-order valence-corrected chi connectivity index (χ4v) is 5.26. The lowest BCUT2D eigenvalue weighted by Gasteiger charge is -2.37. The van der Waals surface area contributed by atoms with Gasteiger partial charge in [-0.15, -0.1) is 0 Å². The van der Waals surface area contributed by atoms with Gasteiger partial charge in [0, 0.05) is 55.0 Å². The third kappa shape index (κ3) is 7.95. The molecule has 4 aromatic carbocycles. The predicted molar refractivity (Wildman–Crippen MR) is 171 cm³/mol. The summed E-state index contributed by atoms with van der Waals surface area (Å²) in [6.45, 7) is 1.66. The summed E-state index contributed by atoms with van der Waals surface area (Å²) in [6, 6.07) is 22.8. The fraction of sp³-hybridized carbons (Fsp3) is 0.176. The van der Waals surface area contributed by atoms with Crippen LogP contribution in [0.4, 0.5) is 21.5 Å². The lowest BCUT2D eigenvalue weighted by Crippen LogP contribution is -2.49. The van der Waals surface area contributed by atoms with Gasteiger partial charge in [0.15, 0.2) is 0 Å². The van der Waals surface area contributed by atoms with E-state index in [1.54, 1.807) is 35.2 Å². The Morgan fingerprint density at radius 1 is 0.809 bits per heavy atom. The van der Waals surface area contributed by atoms with Gasteiger partial charge in [-0.3, -0.25) is 29.3 Å². The van der Waals surface area contributed by atoms with E-state index in [4.69, 9.17) is 0 Å². The summed E-state index contributed by atoms with van der Waals surface area (Å²) in [4.78, 5) is 65.4. The number of carbonyl (C=O) groups excluding carboxylic acids is 3. The Bertz CT molecular complexity index is 1790. The molecule has 1 aliphatic rings. The molecule has 4 aromatic rings. The van der Waals surface area contributed by atoms with Gasteiger partial charge in [-0.25, -0.2) is 4.39 Å². The number of amides is 3. The normalized spacial score (nSPS) is 13.4. The Morgan fingerprint density at radius 3 is 2.06 bits per heavy atom. The number of nitro groups is 1. The third-order valence-electron chi connectivity index (χ3n) is 7.73. The van der Waals surface area contributed by atoms with Crippen molar-refractivity contribution in [1.29, 1.82) is 0 Å². The van der Waals surface area contributed by atoms with E-state index in [1.807, 2.05) is 11.0 Å². The number of rotatable bonds is 10. The summed E-state index contributed by atoms with van der Waals surface area (Å²) < 4.78 is 13.5. The fourth-order valence-electron chi connectivity index (χ4n) is 5.26. The van der Waals surface area contributed by atoms with Crippen LogP contribution in [0.2, 0.25) is 0 Å². The second-order valence-electron chi connectivity index (χ2n) is 10.8. The zero-order chi connectivity index (χ0) is 33.5. The van der Waals surface area contributed by atoms with Crippen molar-refractivity contribution < 1.29 is 33.6 Å². The number of piperazine rings is 1. The van der Waals surface area contributed by atoms with E-state index in [0.717, 1.165) is 0 Å². The van der Waals surface area contributed by atoms with Crippen LogP contribution in [0.3, 0.4) is 0 Å². The van der Waals surface area contributed by atoms with Crippen LogP contribution in [0.1, 0.15) is 49.1 Å². The number of carboxylic acid groups (broad SMARTS) is 1. The smallest absolute Gasteiger partial charge is 0.305 e. The molecule has 1 atom stereocenters. The number of benzene rings is 4. The number of anilines is 2. The largest absolute Gasteiger partial charge is 0.481 e. The van der Waals surface area contributed by atoms with E-state index in [2.05, 4.69) is 10.6 Å². The molecule has 1 unspecified atom stereocenters. The Balaban J connectivity index is 1.40. The number of carbonyl (C=O) groups is 4. The molecular formula is C34H30FN5O7. The van der Waals surface area contributed by atoms with Gasteiger partial charge in [0.25, 0.3) is 23.4 Å². The first-order valence-electron chi connectivity index (χ1n) is 14.7. The van der Waals surface area contributed by atoms with E-state index < -0.39 is 41.0 Å². The van der Waals surface area contributed by atoms with Crippen molar-refractivity contribution in [1.82, 2.24) is 10.2 Å². The van der Waals surface area contributed by atoms with E-state index in [1.165, 1.54) is 60.7 Å². The first-order valence-corrected chi connectivity index (χ1v) is 14.7. The number of non-ortho nitro benzene ring substituents is 1. The maximum absolute atomic E-state index is 13.5. The van der Waals surface area contributed by atoms with E-state index in [-0.39, 0.29) is 28.4 Å². The monoisotopic (exact) mass is 639 g/mol. The molecule has 0 aliphatic carbocycles. The van der Waals surface area contributed by atoms with Crippen molar-refractivity contribution in [3.8, 4) is 0 Å². The molecule has 13 heteroatoms. The highest BCUT2D eigenvalue weighted by Gasteiger charge is 2.26. The number of nitrogens with one attached hydrogen (secondary N) is 2. The maximum atomic E-state index is 13.5. The molecule has 1 saturated heterocycles. The molecule has 1 aliphatic heterocycles. The number of nitro benzene ring substituents is 1. The maximum Gasteiger partial charge on any atom is 0.305 e. The lowest BCUT2D eigenvalue weighted by atomic mass is 10.0. The van der Waals surface area contributed by atoms with Gasteiger partial charge in [0.05, 0.1) is 28.8 Å². The highest BCUT2D eigenvalue weighted by Crippen LogP contribution is 2.30. The minimum Gasteiger partial charge on any atom is -0.481 e. The molecule has 1 fully saturated rings. The number of nitrogens with zero attached hydrogens (tertiary/aromatic N) is 3. The lowest BCUT2D eigenvalue weighted by molar-refractivity contribution is -0.384. The molecule has 0 spiro atoms. The molecule has 47 heavy (non-hydrogen) atoms. The summed E-state index contributed by atoms with van der Waals surface area (Å²) in [5.41, 5.74) is 1.89. The minimum atomic E-state index is -1.17. The second kappa shape index (κ2) is 14.3. The number of halogens is 1. The van der Waals surface area contributed by atoms with Crippen LogP contribution in [0.5, 0.6) is 0 Å². The Morgan fingerprint density at radius 2 is 1.45 bits per heavy atom. The van der Waals surface area contributed by atoms with Crippen molar-refractivity contribution in [2.45, 2.75) is 12.5 Å². The van der Waals surface area contributed by atoms with Crippen molar-refractivity contribution in [2.24, 2.45) is 0 Å². The second-order valence-corrected chi connectivity index (χ2v) is 10.8. The number of hydrogen-bond donors (Lipinski definition) is 3. The van der Waals surface area contributed by atoms with Crippen LogP contribution < -0.4 is 15.5 Å². The number of carboxylic acids is 1. The first-order chi connectivity index (χ1) is 22.6. The quantitative estimate of drug-likeness (QED) is 0.163. The zero-order valence-electron chi connectivity index (χ0n) is 25.0. The molecule has 0 aromatic heterocycles. The van der Waals surface area contributed by atoms with E-state index in [9.17, 15) is 38.8 Å². The molecule has 1 heterocycles. The molecule has 0 saturated carbocycles. The molecule has 0 radical (unpaired) electrons. The van der Waals surface area contributed by atoms with Crippen molar-refractivity contribution >= 4 is 40.8 Å².